The number of para-hydroxylation sites is 1. The molecule has 1 unspecified atom stereocenters. The van der Waals surface area contributed by atoms with E-state index >= 15 is 0 Å². The number of nitrogens with two attached hydrogens (primary N) is 1. The number of ether oxygens (including phenoxy) is 1. The molecule has 76 valence electrons. The lowest BCUT2D eigenvalue weighted by Crippen LogP contribution is -2.22. The highest BCUT2D eigenvalue weighted by molar-refractivity contribution is 5.76. The number of hydrogen-bond donors (Lipinski definition) is 1. The molecule has 0 bridgehead atoms. The molecule has 0 spiro atoms. The Balaban J connectivity index is 2.26. The van der Waals surface area contributed by atoms with Gasteiger partial charge in [0.1, 0.15) is 5.75 Å². The lowest BCUT2D eigenvalue weighted by molar-refractivity contribution is -0.121. The zero-order valence-electron chi connectivity index (χ0n) is 8.27. The van der Waals surface area contributed by atoms with Crippen molar-refractivity contribution < 1.29 is 9.53 Å². The van der Waals surface area contributed by atoms with Crippen molar-refractivity contribution in [3.05, 3.63) is 30.3 Å². The van der Waals surface area contributed by atoms with Gasteiger partial charge < -0.3 is 10.5 Å². The van der Waals surface area contributed by atoms with Gasteiger partial charge in [0.05, 0.1) is 6.61 Å². The van der Waals surface area contributed by atoms with E-state index in [0.29, 0.717) is 13.0 Å². The van der Waals surface area contributed by atoms with Gasteiger partial charge in [0.2, 0.25) is 5.91 Å². The van der Waals surface area contributed by atoms with E-state index in [1.807, 2.05) is 30.3 Å². The monoisotopic (exact) mass is 193 g/mol. The molecule has 1 amide bonds. The first-order chi connectivity index (χ1) is 6.70. The van der Waals surface area contributed by atoms with Gasteiger partial charge in [-0.3, -0.25) is 4.79 Å². The Hall–Kier alpha value is -1.51. The van der Waals surface area contributed by atoms with E-state index in [4.69, 9.17) is 10.5 Å². The summed E-state index contributed by atoms with van der Waals surface area (Å²) in [7, 11) is 0. The summed E-state index contributed by atoms with van der Waals surface area (Å²) in [5, 5.41) is 0. The summed E-state index contributed by atoms with van der Waals surface area (Å²) in [5.41, 5.74) is 5.12. The normalized spacial score (nSPS) is 12.1. The predicted molar refractivity (Wildman–Crippen MR) is 54.9 cm³/mol. The van der Waals surface area contributed by atoms with Crippen molar-refractivity contribution in [1.29, 1.82) is 0 Å². The van der Waals surface area contributed by atoms with E-state index in [1.54, 1.807) is 6.92 Å². The Morgan fingerprint density at radius 2 is 2.07 bits per heavy atom. The Kier molecular flexibility index (Phi) is 3.98. The summed E-state index contributed by atoms with van der Waals surface area (Å²) in [6.07, 6.45) is 0.657. The number of rotatable bonds is 5. The zero-order chi connectivity index (χ0) is 10.4. The first-order valence-electron chi connectivity index (χ1n) is 4.67. The molecule has 3 heteroatoms. The van der Waals surface area contributed by atoms with Crippen LogP contribution in [0.2, 0.25) is 0 Å². The zero-order valence-corrected chi connectivity index (χ0v) is 8.27. The summed E-state index contributed by atoms with van der Waals surface area (Å²) in [5.74, 6) is 0.421. The molecule has 14 heavy (non-hydrogen) atoms. The number of benzene rings is 1. The van der Waals surface area contributed by atoms with Crippen LogP contribution >= 0.6 is 0 Å². The SMILES string of the molecule is CC(CCOc1ccccc1)C(N)=O. The smallest absolute Gasteiger partial charge is 0.220 e. The van der Waals surface area contributed by atoms with Crippen LogP contribution in [-0.4, -0.2) is 12.5 Å². The predicted octanol–water partition coefficient (Wildman–Crippen LogP) is 1.58. The van der Waals surface area contributed by atoms with Crippen molar-refractivity contribution in [3.8, 4) is 5.75 Å². The Morgan fingerprint density at radius 3 is 2.64 bits per heavy atom. The average Bonchev–Trinajstić information content (AvgIpc) is 2.19. The van der Waals surface area contributed by atoms with Gasteiger partial charge in [-0.05, 0) is 18.6 Å². The molecule has 1 atom stereocenters. The van der Waals surface area contributed by atoms with Crippen molar-refractivity contribution in [2.75, 3.05) is 6.61 Å². The van der Waals surface area contributed by atoms with Crippen molar-refractivity contribution in [2.24, 2.45) is 11.7 Å². The van der Waals surface area contributed by atoms with Crippen LogP contribution in [0.15, 0.2) is 30.3 Å². The molecule has 0 aliphatic carbocycles. The number of amides is 1. The molecule has 3 nitrogen and oxygen atoms in total. The summed E-state index contributed by atoms with van der Waals surface area (Å²) in [4.78, 5) is 10.7. The van der Waals surface area contributed by atoms with Crippen molar-refractivity contribution in [2.45, 2.75) is 13.3 Å². The summed E-state index contributed by atoms with van der Waals surface area (Å²) in [6, 6.07) is 9.52. The Bertz CT molecular complexity index is 285. The third-order valence-electron chi connectivity index (χ3n) is 2.05. The van der Waals surface area contributed by atoms with Gasteiger partial charge in [-0.1, -0.05) is 25.1 Å². The van der Waals surface area contributed by atoms with Crippen molar-refractivity contribution in [1.82, 2.24) is 0 Å². The molecule has 1 aromatic rings. The maximum Gasteiger partial charge on any atom is 0.220 e. The maximum atomic E-state index is 10.7. The molecule has 1 aromatic carbocycles. The minimum absolute atomic E-state index is 0.126. The Labute approximate surface area is 83.9 Å². The first kappa shape index (κ1) is 10.6. The third kappa shape index (κ3) is 3.47. The van der Waals surface area contributed by atoms with Gasteiger partial charge in [-0.25, -0.2) is 0 Å². The van der Waals surface area contributed by atoms with E-state index in [-0.39, 0.29) is 11.8 Å². The van der Waals surface area contributed by atoms with Crippen LogP contribution < -0.4 is 10.5 Å². The van der Waals surface area contributed by atoms with Gasteiger partial charge in [0.15, 0.2) is 0 Å². The molecule has 0 aromatic heterocycles. The van der Waals surface area contributed by atoms with Crippen LogP contribution in [0, 0.1) is 5.92 Å². The highest BCUT2D eigenvalue weighted by atomic mass is 16.5. The second kappa shape index (κ2) is 5.27. The van der Waals surface area contributed by atoms with Crippen LogP contribution in [0.25, 0.3) is 0 Å². The summed E-state index contributed by atoms with van der Waals surface area (Å²) in [6.45, 7) is 2.32. The third-order valence-corrected chi connectivity index (χ3v) is 2.05. The lowest BCUT2D eigenvalue weighted by Gasteiger charge is -2.08. The first-order valence-corrected chi connectivity index (χ1v) is 4.67. The quantitative estimate of drug-likeness (QED) is 0.771. The van der Waals surface area contributed by atoms with Crippen LogP contribution in [-0.2, 0) is 4.79 Å². The van der Waals surface area contributed by atoms with E-state index in [9.17, 15) is 4.79 Å². The topological polar surface area (TPSA) is 52.3 Å². The van der Waals surface area contributed by atoms with Gasteiger partial charge in [0.25, 0.3) is 0 Å². The molecule has 0 radical (unpaired) electrons. The van der Waals surface area contributed by atoms with E-state index in [2.05, 4.69) is 0 Å². The van der Waals surface area contributed by atoms with Crippen molar-refractivity contribution in [3.63, 3.8) is 0 Å². The van der Waals surface area contributed by atoms with Gasteiger partial charge in [0, 0.05) is 5.92 Å². The molecule has 2 N–H and O–H groups in total. The van der Waals surface area contributed by atoms with Gasteiger partial charge in [-0.2, -0.15) is 0 Å². The largest absolute Gasteiger partial charge is 0.494 e. The summed E-state index contributed by atoms with van der Waals surface area (Å²) < 4.78 is 5.42. The molecule has 0 heterocycles. The molecule has 0 saturated carbocycles. The van der Waals surface area contributed by atoms with Crippen LogP contribution in [0.5, 0.6) is 5.75 Å². The second-order valence-electron chi connectivity index (χ2n) is 3.25. The fraction of sp³-hybridized carbons (Fsp3) is 0.364. The molecular weight excluding hydrogens is 178 g/mol. The highest BCUT2D eigenvalue weighted by Gasteiger charge is 2.07. The summed E-state index contributed by atoms with van der Waals surface area (Å²) >= 11 is 0. The van der Waals surface area contributed by atoms with Crippen molar-refractivity contribution >= 4 is 5.91 Å². The molecule has 0 aliphatic rings. The number of carbonyl (C=O) groups is 1. The van der Waals surface area contributed by atoms with Crippen LogP contribution in [0.1, 0.15) is 13.3 Å². The highest BCUT2D eigenvalue weighted by Crippen LogP contribution is 2.10. The maximum absolute atomic E-state index is 10.7. The minimum atomic E-state index is -0.276. The van der Waals surface area contributed by atoms with Crippen LogP contribution in [0.3, 0.4) is 0 Å². The lowest BCUT2D eigenvalue weighted by atomic mass is 10.1. The fourth-order valence-electron chi connectivity index (χ4n) is 1.01. The molecule has 0 aliphatic heterocycles. The number of hydrogen-bond acceptors (Lipinski definition) is 2. The van der Waals surface area contributed by atoms with E-state index < -0.39 is 0 Å². The average molecular weight is 193 g/mol. The van der Waals surface area contributed by atoms with Gasteiger partial charge >= 0.3 is 0 Å². The molecule has 0 saturated heterocycles. The number of primary amides is 1. The molecular formula is C11H15NO2. The second-order valence-corrected chi connectivity index (χ2v) is 3.25. The van der Waals surface area contributed by atoms with Gasteiger partial charge in [-0.15, -0.1) is 0 Å². The van der Waals surface area contributed by atoms with Crippen LogP contribution in [0.4, 0.5) is 0 Å². The standard InChI is InChI=1S/C11H15NO2/c1-9(11(12)13)7-8-14-10-5-3-2-4-6-10/h2-6,9H,7-8H2,1H3,(H2,12,13). The fourth-order valence-corrected chi connectivity index (χ4v) is 1.01. The number of carbonyl (C=O) groups excluding carboxylic acids is 1. The minimum Gasteiger partial charge on any atom is -0.494 e. The Morgan fingerprint density at radius 1 is 1.43 bits per heavy atom. The van der Waals surface area contributed by atoms with E-state index in [1.165, 1.54) is 0 Å². The molecule has 1 rings (SSSR count). The van der Waals surface area contributed by atoms with E-state index in [0.717, 1.165) is 5.75 Å². The molecule has 0 fully saturated rings.